The first-order valence-electron chi connectivity index (χ1n) is 4.70. The molecule has 0 fully saturated rings. The summed E-state index contributed by atoms with van der Waals surface area (Å²) in [6, 6.07) is 7.43. The van der Waals surface area contributed by atoms with E-state index >= 15 is 0 Å². The molecule has 2 aromatic rings. The summed E-state index contributed by atoms with van der Waals surface area (Å²) in [5.74, 6) is -0.863. The lowest BCUT2D eigenvalue weighted by molar-refractivity contribution is 0.102. The van der Waals surface area contributed by atoms with Crippen LogP contribution in [0.4, 0.5) is 10.2 Å². The van der Waals surface area contributed by atoms with Crippen molar-refractivity contribution < 1.29 is 9.18 Å². The Morgan fingerprint density at radius 2 is 2.12 bits per heavy atom. The van der Waals surface area contributed by atoms with Gasteiger partial charge < -0.3 is 5.32 Å². The number of aromatic nitrogens is 2. The number of amides is 1. The van der Waals surface area contributed by atoms with Gasteiger partial charge in [0.2, 0.25) is 5.95 Å². The van der Waals surface area contributed by atoms with Crippen molar-refractivity contribution in [2.75, 3.05) is 5.32 Å². The van der Waals surface area contributed by atoms with E-state index < -0.39 is 5.95 Å². The van der Waals surface area contributed by atoms with Crippen LogP contribution in [-0.4, -0.2) is 15.9 Å². The Morgan fingerprint density at radius 3 is 2.76 bits per heavy atom. The monoisotopic (exact) mass is 295 g/mol. The highest BCUT2D eigenvalue weighted by Crippen LogP contribution is 2.09. The smallest absolute Gasteiger partial charge is 0.258 e. The molecule has 0 saturated heterocycles. The van der Waals surface area contributed by atoms with E-state index in [-0.39, 0.29) is 11.7 Å². The van der Waals surface area contributed by atoms with Gasteiger partial charge in [0.05, 0.1) is 5.56 Å². The molecule has 1 N–H and O–H groups in total. The second kappa shape index (κ2) is 5.01. The summed E-state index contributed by atoms with van der Waals surface area (Å²) in [4.78, 5) is 19.2. The molecule has 1 amide bonds. The van der Waals surface area contributed by atoms with E-state index in [0.717, 1.165) is 0 Å². The van der Waals surface area contributed by atoms with Gasteiger partial charge in [-0.1, -0.05) is 6.07 Å². The first-order valence-corrected chi connectivity index (χ1v) is 5.50. The van der Waals surface area contributed by atoms with Crippen molar-refractivity contribution in [3.63, 3.8) is 0 Å². The Hall–Kier alpha value is -1.82. The highest BCUT2D eigenvalue weighted by atomic mass is 79.9. The van der Waals surface area contributed by atoms with E-state index in [1.54, 1.807) is 12.1 Å². The number of hydrogen-bond acceptors (Lipinski definition) is 3. The third kappa shape index (κ3) is 3.07. The van der Waals surface area contributed by atoms with Crippen LogP contribution in [0, 0.1) is 5.95 Å². The van der Waals surface area contributed by atoms with Gasteiger partial charge in [-0.3, -0.25) is 4.79 Å². The molecule has 0 saturated carbocycles. The maximum absolute atomic E-state index is 12.8. The zero-order chi connectivity index (χ0) is 12.3. The number of hydrogen-bond donors (Lipinski definition) is 1. The van der Waals surface area contributed by atoms with Gasteiger partial charge in [0.15, 0.2) is 0 Å². The maximum Gasteiger partial charge on any atom is 0.258 e. The van der Waals surface area contributed by atoms with E-state index in [2.05, 4.69) is 31.2 Å². The Morgan fingerprint density at radius 1 is 1.29 bits per heavy atom. The highest BCUT2D eigenvalue weighted by molar-refractivity contribution is 9.10. The second-order valence-electron chi connectivity index (χ2n) is 3.17. The number of carbonyl (C=O) groups is 1. The number of anilines is 1. The van der Waals surface area contributed by atoms with Gasteiger partial charge in [0.25, 0.3) is 5.91 Å². The third-order valence-electron chi connectivity index (χ3n) is 1.95. The minimum Gasteiger partial charge on any atom is -0.306 e. The van der Waals surface area contributed by atoms with Crippen molar-refractivity contribution in [1.82, 2.24) is 9.97 Å². The molecule has 0 aliphatic heterocycles. The van der Waals surface area contributed by atoms with E-state index in [1.807, 2.05) is 0 Å². The summed E-state index contributed by atoms with van der Waals surface area (Å²) in [6.07, 6.45) is 1.42. The van der Waals surface area contributed by atoms with Crippen LogP contribution in [0.3, 0.4) is 0 Å². The van der Waals surface area contributed by atoms with Crippen LogP contribution in [-0.2, 0) is 0 Å². The molecule has 0 unspecified atom stereocenters. The SMILES string of the molecule is O=C(Nc1cccc(F)n1)c1ccc(Br)nc1. The molecule has 6 heteroatoms. The topological polar surface area (TPSA) is 54.9 Å². The number of carbonyl (C=O) groups excluding carboxylic acids is 1. The normalized spacial score (nSPS) is 10.0. The van der Waals surface area contributed by atoms with E-state index in [0.29, 0.717) is 10.2 Å². The van der Waals surface area contributed by atoms with Gasteiger partial charge in [0, 0.05) is 6.20 Å². The van der Waals surface area contributed by atoms with Gasteiger partial charge in [-0.15, -0.1) is 0 Å². The Labute approximate surface area is 105 Å². The predicted octanol–water partition coefficient (Wildman–Crippen LogP) is 2.63. The molecule has 17 heavy (non-hydrogen) atoms. The quantitative estimate of drug-likeness (QED) is 0.867. The van der Waals surface area contributed by atoms with Crippen LogP contribution in [0.25, 0.3) is 0 Å². The molecule has 2 rings (SSSR count). The fourth-order valence-electron chi connectivity index (χ4n) is 1.18. The number of halogens is 2. The average Bonchev–Trinajstić information content (AvgIpc) is 2.29. The van der Waals surface area contributed by atoms with E-state index in [4.69, 9.17) is 0 Å². The summed E-state index contributed by atoms with van der Waals surface area (Å²) >= 11 is 3.17. The van der Waals surface area contributed by atoms with Crippen molar-refractivity contribution in [3.8, 4) is 0 Å². The van der Waals surface area contributed by atoms with Gasteiger partial charge in [-0.05, 0) is 40.2 Å². The molecule has 0 radical (unpaired) electrons. The molecule has 0 aromatic carbocycles. The third-order valence-corrected chi connectivity index (χ3v) is 2.42. The first-order chi connectivity index (χ1) is 8.15. The fourth-order valence-corrected chi connectivity index (χ4v) is 1.41. The Bertz CT molecular complexity index is 545. The number of rotatable bonds is 2. The van der Waals surface area contributed by atoms with Crippen molar-refractivity contribution >= 4 is 27.7 Å². The molecule has 0 atom stereocenters. The summed E-state index contributed by atoms with van der Waals surface area (Å²) in [5.41, 5.74) is 0.374. The predicted molar refractivity (Wildman–Crippen MR) is 64.1 cm³/mol. The highest BCUT2D eigenvalue weighted by Gasteiger charge is 2.07. The molecule has 2 aromatic heterocycles. The minimum atomic E-state index is -0.642. The maximum atomic E-state index is 12.8. The van der Waals surface area contributed by atoms with Crippen LogP contribution in [0.2, 0.25) is 0 Å². The molecular weight excluding hydrogens is 289 g/mol. The molecule has 0 bridgehead atoms. The number of pyridine rings is 2. The fraction of sp³-hybridized carbons (Fsp3) is 0. The molecule has 0 spiro atoms. The number of nitrogens with one attached hydrogen (secondary N) is 1. The molecule has 86 valence electrons. The van der Waals surface area contributed by atoms with Gasteiger partial charge in [-0.2, -0.15) is 4.39 Å². The van der Waals surface area contributed by atoms with Gasteiger partial charge in [0.1, 0.15) is 10.4 Å². The van der Waals surface area contributed by atoms with Crippen LogP contribution in [0.1, 0.15) is 10.4 Å². The Balaban J connectivity index is 2.14. The van der Waals surface area contributed by atoms with E-state index in [9.17, 15) is 9.18 Å². The molecule has 0 aliphatic carbocycles. The zero-order valence-electron chi connectivity index (χ0n) is 8.52. The lowest BCUT2D eigenvalue weighted by atomic mass is 10.3. The second-order valence-corrected chi connectivity index (χ2v) is 3.98. The van der Waals surface area contributed by atoms with E-state index in [1.165, 1.54) is 24.4 Å². The molecule has 4 nitrogen and oxygen atoms in total. The standard InChI is InChI=1S/C11H7BrFN3O/c12-8-5-4-7(6-14-8)11(17)16-10-3-1-2-9(13)15-10/h1-6H,(H,15,16,17). The average molecular weight is 296 g/mol. The Kier molecular flexibility index (Phi) is 3.43. The molecule has 0 aliphatic rings. The van der Waals surface area contributed by atoms with Gasteiger partial charge in [-0.25, -0.2) is 9.97 Å². The van der Waals surface area contributed by atoms with Gasteiger partial charge >= 0.3 is 0 Å². The van der Waals surface area contributed by atoms with Crippen LogP contribution in [0.15, 0.2) is 41.1 Å². The number of nitrogens with zero attached hydrogens (tertiary/aromatic N) is 2. The molecular formula is C11H7BrFN3O. The summed E-state index contributed by atoms with van der Waals surface area (Å²) in [7, 11) is 0. The largest absolute Gasteiger partial charge is 0.306 e. The minimum absolute atomic E-state index is 0.165. The lowest BCUT2D eigenvalue weighted by Crippen LogP contribution is -2.13. The summed E-state index contributed by atoms with van der Waals surface area (Å²) in [5, 5.41) is 2.47. The van der Waals surface area contributed by atoms with Crippen molar-refractivity contribution in [1.29, 1.82) is 0 Å². The van der Waals surface area contributed by atoms with Crippen LogP contribution in [0.5, 0.6) is 0 Å². The van der Waals surface area contributed by atoms with Crippen LogP contribution >= 0.6 is 15.9 Å². The van der Waals surface area contributed by atoms with Crippen molar-refractivity contribution in [2.24, 2.45) is 0 Å². The van der Waals surface area contributed by atoms with Crippen molar-refractivity contribution in [3.05, 3.63) is 52.6 Å². The lowest BCUT2D eigenvalue weighted by Gasteiger charge is -2.03. The summed E-state index contributed by atoms with van der Waals surface area (Å²) < 4.78 is 13.4. The van der Waals surface area contributed by atoms with Crippen LogP contribution < -0.4 is 5.32 Å². The molecule has 2 heterocycles. The zero-order valence-corrected chi connectivity index (χ0v) is 10.1. The first kappa shape index (κ1) is 11.7. The summed E-state index contributed by atoms with van der Waals surface area (Å²) in [6.45, 7) is 0. The van der Waals surface area contributed by atoms with Crippen molar-refractivity contribution in [2.45, 2.75) is 0 Å².